The van der Waals surface area contributed by atoms with E-state index >= 15 is 4.39 Å². The van der Waals surface area contributed by atoms with Crippen molar-refractivity contribution in [3.63, 3.8) is 0 Å². The quantitative estimate of drug-likeness (QED) is 0.724. The van der Waals surface area contributed by atoms with Gasteiger partial charge in [-0.3, -0.25) is 24.6 Å². The molecule has 2 fully saturated rings. The molecule has 3 amide bonds. The summed E-state index contributed by atoms with van der Waals surface area (Å²) in [4.78, 5) is 42.4. The summed E-state index contributed by atoms with van der Waals surface area (Å²) in [5, 5.41) is 2.29. The lowest BCUT2D eigenvalue weighted by Crippen LogP contribution is -2.52. The second-order valence-electron chi connectivity index (χ2n) is 9.11. The molecule has 7 nitrogen and oxygen atoms in total. The normalized spacial score (nSPS) is 21.4. The molecule has 2 aromatic carbocycles. The summed E-state index contributed by atoms with van der Waals surface area (Å²) in [6.45, 7) is 6.26. The van der Waals surface area contributed by atoms with Crippen LogP contribution in [0.4, 0.5) is 10.1 Å². The van der Waals surface area contributed by atoms with E-state index in [0.29, 0.717) is 30.8 Å². The van der Waals surface area contributed by atoms with Crippen LogP contribution in [0.3, 0.4) is 0 Å². The van der Waals surface area contributed by atoms with Gasteiger partial charge >= 0.3 is 0 Å². The highest BCUT2D eigenvalue weighted by atomic mass is 19.1. The molecule has 2 aromatic rings. The third kappa shape index (κ3) is 4.23. The first-order chi connectivity index (χ1) is 15.9. The van der Waals surface area contributed by atoms with Crippen LogP contribution in [0.25, 0.3) is 0 Å². The standard InChI is InChI=1S/C25H27FN4O3/c1-16-3-2-4-17(11-16)14-28-7-9-29(10-8-28)22-12-18-15-30(25(33)19(18)13-20(22)26)21-5-6-23(31)27-24(21)32/h2-4,11-13,21H,5-10,14-15H2,1H3,(H,27,31,32). The number of nitrogens with one attached hydrogen (secondary N) is 1. The fourth-order valence-corrected chi connectivity index (χ4v) is 5.03. The van der Waals surface area contributed by atoms with E-state index in [1.165, 1.54) is 22.1 Å². The molecular weight excluding hydrogens is 423 g/mol. The summed E-state index contributed by atoms with van der Waals surface area (Å²) in [7, 11) is 0. The number of rotatable bonds is 4. The Morgan fingerprint density at radius 2 is 1.85 bits per heavy atom. The van der Waals surface area contributed by atoms with E-state index in [2.05, 4.69) is 41.4 Å². The molecule has 1 atom stereocenters. The first kappa shape index (κ1) is 21.6. The number of piperazine rings is 1. The van der Waals surface area contributed by atoms with E-state index < -0.39 is 17.8 Å². The summed E-state index contributed by atoms with van der Waals surface area (Å²) in [6, 6.07) is 10.8. The van der Waals surface area contributed by atoms with Crippen LogP contribution < -0.4 is 10.2 Å². The van der Waals surface area contributed by atoms with Gasteiger partial charge in [0.05, 0.1) is 5.69 Å². The highest BCUT2D eigenvalue weighted by molar-refractivity contribution is 6.05. The molecule has 0 radical (unpaired) electrons. The van der Waals surface area contributed by atoms with E-state index in [1.807, 2.05) is 4.90 Å². The van der Waals surface area contributed by atoms with Gasteiger partial charge in [-0.05, 0) is 36.6 Å². The van der Waals surface area contributed by atoms with Crippen molar-refractivity contribution in [1.82, 2.24) is 15.1 Å². The third-order valence-electron chi connectivity index (χ3n) is 6.79. The molecule has 3 heterocycles. The summed E-state index contributed by atoms with van der Waals surface area (Å²) in [6.07, 6.45) is 0.492. The number of piperidine rings is 1. The number of fused-ring (bicyclic) bond motifs is 1. The van der Waals surface area contributed by atoms with Crippen LogP contribution in [0.5, 0.6) is 0 Å². The van der Waals surface area contributed by atoms with Crippen LogP contribution >= 0.6 is 0 Å². The van der Waals surface area contributed by atoms with Gasteiger partial charge in [-0.15, -0.1) is 0 Å². The second kappa shape index (κ2) is 8.59. The number of carbonyl (C=O) groups is 3. The Hall–Kier alpha value is -3.26. The summed E-state index contributed by atoms with van der Waals surface area (Å²) in [5.74, 6) is -1.56. The van der Waals surface area contributed by atoms with Crippen molar-refractivity contribution >= 4 is 23.4 Å². The second-order valence-corrected chi connectivity index (χ2v) is 9.11. The van der Waals surface area contributed by atoms with Crippen LogP contribution in [0.1, 0.15) is 39.9 Å². The molecule has 1 N–H and O–H groups in total. The molecular formula is C25H27FN4O3. The Morgan fingerprint density at radius 1 is 1.06 bits per heavy atom. The monoisotopic (exact) mass is 450 g/mol. The first-order valence-corrected chi connectivity index (χ1v) is 11.4. The number of benzene rings is 2. The summed E-state index contributed by atoms with van der Waals surface area (Å²) >= 11 is 0. The number of anilines is 1. The summed E-state index contributed by atoms with van der Waals surface area (Å²) in [5.41, 5.74) is 4.05. The number of carbonyl (C=O) groups excluding carboxylic acids is 3. The average Bonchev–Trinajstić information content (AvgIpc) is 3.09. The van der Waals surface area contributed by atoms with E-state index in [9.17, 15) is 14.4 Å². The molecule has 0 spiro atoms. The van der Waals surface area contributed by atoms with Crippen molar-refractivity contribution in [3.8, 4) is 0 Å². The zero-order chi connectivity index (χ0) is 23.1. The van der Waals surface area contributed by atoms with Crippen molar-refractivity contribution < 1.29 is 18.8 Å². The van der Waals surface area contributed by atoms with Crippen molar-refractivity contribution in [1.29, 1.82) is 0 Å². The fraction of sp³-hybridized carbons (Fsp3) is 0.400. The van der Waals surface area contributed by atoms with Crippen molar-refractivity contribution in [3.05, 3.63) is 64.5 Å². The van der Waals surface area contributed by atoms with Crippen molar-refractivity contribution in [2.75, 3.05) is 31.1 Å². The molecule has 3 aliphatic heterocycles. The van der Waals surface area contributed by atoms with Gasteiger partial charge in [0.1, 0.15) is 11.9 Å². The Balaban J connectivity index is 1.27. The van der Waals surface area contributed by atoms with Crippen LogP contribution in [-0.2, 0) is 22.7 Å². The Bertz CT molecular complexity index is 1130. The smallest absolute Gasteiger partial charge is 0.255 e. The molecule has 0 aromatic heterocycles. The zero-order valence-corrected chi connectivity index (χ0v) is 18.6. The number of hydrogen-bond donors (Lipinski definition) is 1. The van der Waals surface area contributed by atoms with E-state index in [4.69, 9.17) is 0 Å². The molecule has 33 heavy (non-hydrogen) atoms. The lowest BCUT2D eigenvalue weighted by Gasteiger charge is -2.36. The summed E-state index contributed by atoms with van der Waals surface area (Å²) < 4.78 is 15.0. The van der Waals surface area contributed by atoms with Crippen LogP contribution in [0, 0.1) is 12.7 Å². The van der Waals surface area contributed by atoms with E-state index in [0.717, 1.165) is 25.2 Å². The molecule has 0 aliphatic carbocycles. The first-order valence-electron chi connectivity index (χ1n) is 11.4. The number of hydrogen-bond acceptors (Lipinski definition) is 5. The minimum atomic E-state index is -0.695. The van der Waals surface area contributed by atoms with Gasteiger partial charge in [0.15, 0.2) is 0 Å². The predicted molar refractivity (Wildman–Crippen MR) is 121 cm³/mol. The molecule has 1 unspecified atom stereocenters. The predicted octanol–water partition coefficient (Wildman–Crippen LogP) is 2.22. The van der Waals surface area contributed by atoms with Gasteiger partial charge in [-0.2, -0.15) is 0 Å². The maximum absolute atomic E-state index is 15.0. The molecule has 5 rings (SSSR count). The van der Waals surface area contributed by atoms with Gasteiger partial charge in [0, 0.05) is 51.3 Å². The van der Waals surface area contributed by atoms with Crippen LogP contribution in [0.2, 0.25) is 0 Å². The van der Waals surface area contributed by atoms with Crippen LogP contribution in [-0.4, -0.2) is 59.7 Å². The maximum atomic E-state index is 15.0. The highest BCUT2D eigenvalue weighted by Gasteiger charge is 2.39. The molecule has 8 heteroatoms. The zero-order valence-electron chi connectivity index (χ0n) is 18.6. The topological polar surface area (TPSA) is 73.0 Å². The van der Waals surface area contributed by atoms with Gasteiger partial charge in [-0.1, -0.05) is 29.8 Å². The number of amides is 3. The SMILES string of the molecule is Cc1cccc(CN2CCN(c3cc4c(cc3F)C(=O)N(C3CCC(=O)NC3=O)C4)CC2)c1. The van der Waals surface area contributed by atoms with Crippen molar-refractivity contribution in [2.45, 2.75) is 38.9 Å². The van der Waals surface area contributed by atoms with Gasteiger partial charge in [0.2, 0.25) is 11.8 Å². The van der Waals surface area contributed by atoms with Gasteiger partial charge in [0.25, 0.3) is 5.91 Å². The maximum Gasteiger partial charge on any atom is 0.255 e. The van der Waals surface area contributed by atoms with Gasteiger partial charge < -0.3 is 9.80 Å². The number of aryl methyl sites for hydroxylation is 1. The Morgan fingerprint density at radius 3 is 2.58 bits per heavy atom. The number of halogens is 1. The molecule has 0 bridgehead atoms. The number of nitrogens with zero attached hydrogens (tertiary/aromatic N) is 3. The highest BCUT2D eigenvalue weighted by Crippen LogP contribution is 2.33. The molecule has 172 valence electrons. The minimum Gasteiger partial charge on any atom is -0.367 e. The molecule has 0 saturated carbocycles. The minimum absolute atomic E-state index is 0.197. The number of imide groups is 1. The van der Waals surface area contributed by atoms with Gasteiger partial charge in [-0.25, -0.2) is 4.39 Å². The molecule has 2 saturated heterocycles. The van der Waals surface area contributed by atoms with Crippen molar-refractivity contribution in [2.24, 2.45) is 0 Å². The van der Waals surface area contributed by atoms with E-state index in [1.54, 1.807) is 6.07 Å². The Labute approximate surface area is 192 Å². The largest absolute Gasteiger partial charge is 0.367 e. The third-order valence-corrected chi connectivity index (χ3v) is 6.79. The lowest BCUT2D eigenvalue weighted by atomic mass is 10.0. The molecule has 3 aliphatic rings. The lowest BCUT2D eigenvalue weighted by molar-refractivity contribution is -0.136. The Kier molecular flexibility index (Phi) is 5.62. The fourth-order valence-electron chi connectivity index (χ4n) is 5.03. The average molecular weight is 451 g/mol. The van der Waals surface area contributed by atoms with Crippen LogP contribution in [0.15, 0.2) is 36.4 Å². The van der Waals surface area contributed by atoms with E-state index in [-0.39, 0.29) is 24.8 Å².